The van der Waals surface area contributed by atoms with Gasteiger partial charge in [-0.2, -0.15) is 0 Å². The molecular formula is C30H36N2O3S. The van der Waals surface area contributed by atoms with Gasteiger partial charge < -0.3 is 10.4 Å². The number of anilines is 1. The first-order valence-corrected chi connectivity index (χ1v) is 13.5. The molecule has 5 nitrogen and oxygen atoms in total. The summed E-state index contributed by atoms with van der Waals surface area (Å²) in [5, 5.41) is 12.1. The molecule has 0 fully saturated rings. The first-order chi connectivity index (χ1) is 17.5. The van der Waals surface area contributed by atoms with E-state index in [4.69, 9.17) is 5.11 Å². The minimum Gasteiger partial charge on any atom is -0.481 e. The van der Waals surface area contributed by atoms with E-state index in [9.17, 15) is 9.59 Å². The maximum absolute atomic E-state index is 13.1. The second-order valence-electron chi connectivity index (χ2n) is 8.85. The van der Waals surface area contributed by atoms with Gasteiger partial charge in [0.1, 0.15) is 0 Å². The lowest BCUT2D eigenvalue weighted by atomic mass is 10.1. The summed E-state index contributed by atoms with van der Waals surface area (Å²) >= 11 is 1.58. The lowest BCUT2D eigenvalue weighted by Gasteiger charge is -2.24. The van der Waals surface area contributed by atoms with Crippen molar-refractivity contribution in [2.75, 3.05) is 18.0 Å². The van der Waals surface area contributed by atoms with Crippen molar-refractivity contribution in [3.63, 3.8) is 0 Å². The first kappa shape index (κ1) is 27.3. The summed E-state index contributed by atoms with van der Waals surface area (Å²) < 4.78 is 0. The fourth-order valence-electron chi connectivity index (χ4n) is 4.00. The third-order valence-electron chi connectivity index (χ3n) is 5.88. The molecule has 3 rings (SSSR count). The molecule has 3 aromatic carbocycles. The van der Waals surface area contributed by atoms with Crippen molar-refractivity contribution in [3.8, 4) is 0 Å². The number of urea groups is 1. The van der Waals surface area contributed by atoms with Crippen LogP contribution in [0.2, 0.25) is 0 Å². The standard InChI is InChI=1S/C30H36N2O3S/c1-2-3-4-8-20-31-30(35)32(21-10-14-24-11-6-5-7-12-24)26-16-18-27(19-17-26)36-28-15-9-13-25(22-28)23-29(33)34/h5-7,9,11-13,15-19,22H,2-4,8,10,14,20-21,23H2,1H3,(H,31,35)(H,33,34). The molecule has 0 bridgehead atoms. The van der Waals surface area contributed by atoms with E-state index in [2.05, 4.69) is 24.4 Å². The molecule has 0 saturated heterocycles. The van der Waals surface area contributed by atoms with Crippen LogP contribution in [0.5, 0.6) is 0 Å². The second kappa shape index (κ2) is 15.0. The molecule has 0 atom stereocenters. The zero-order valence-corrected chi connectivity index (χ0v) is 21.8. The Morgan fingerprint density at radius 1 is 0.833 bits per heavy atom. The van der Waals surface area contributed by atoms with Gasteiger partial charge in [0.2, 0.25) is 0 Å². The Bertz CT molecular complexity index is 1090. The molecule has 3 aromatic rings. The van der Waals surface area contributed by atoms with E-state index < -0.39 is 5.97 Å². The molecule has 0 aliphatic heterocycles. The molecule has 0 aliphatic rings. The van der Waals surface area contributed by atoms with Crippen molar-refractivity contribution >= 4 is 29.4 Å². The van der Waals surface area contributed by atoms with Crippen molar-refractivity contribution in [2.45, 2.75) is 61.7 Å². The number of amides is 2. The van der Waals surface area contributed by atoms with Crippen LogP contribution in [0.1, 0.15) is 50.2 Å². The fourth-order valence-corrected chi connectivity index (χ4v) is 4.90. The van der Waals surface area contributed by atoms with E-state index in [1.165, 1.54) is 18.4 Å². The van der Waals surface area contributed by atoms with Crippen LogP contribution < -0.4 is 10.2 Å². The van der Waals surface area contributed by atoms with Gasteiger partial charge in [-0.25, -0.2) is 4.79 Å². The predicted octanol–water partition coefficient (Wildman–Crippen LogP) is 7.19. The molecule has 0 heterocycles. The van der Waals surface area contributed by atoms with Crippen molar-refractivity contribution in [1.82, 2.24) is 5.32 Å². The average Bonchev–Trinajstić information content (AvgIpc) is 2.87. The number of nitrogens with one attached hydrogen (secondary N) is 1. The van der Waals surface area contributed by atoms with Gasteiger partial charge in [0.25, 0.3) is 0 Å². The monoisotopic (exact) mass is 504 g/mol. The van der Waals surface area contributed by atoms with Crippen molar-refractivity contribution in [3.05, 3.63) is 90.0 Å². The maximum atomic E-state index is 13.1. The molecule has 0 saturated carbocycles. The van der Waals surface area contributed by atoms with Crippen LogP contribution in [0.4, 0.5) is 10.5 Å². The second-order valence-corrected chi connectivity index (χ2v) is 9.99. The average molecular weight is 505 g/mol. The molecule has 0 spiro atoms. The molecule has 36 heavy (non-hydrogen) atoms. The van der Waals surface area contributed by atoms with E-state index in [1.807, 2.05) is 71.6 Å². The predicted molar refractivity (Wildman–Crippen MR) is 148 cm³/mol. The number of carboxylic acid groups (broad SMARTS) is 1. The Morgan fingerprint density at radius 2 is 1.58 bits per heavy atom. The topological polar surface area (TPSA) is 69.6 Å². The quantitative estimate of drug-likeness (QED) is 0.228. The molecule has 0 aromatic heterocycles. The zero-order chi connectivity index (χ0) is 25.6. The molecule has 0 radical (unpaired) electrons. The summed E-state index contributed by atoms with van der Waals surface area (Å²) in [5.74, 6) is -0.836. The van der Waals surface area contributed by atoms with Crippen LogP contribution in [-0.2, 0) is 17.6 Å². The number of hydrogen-bond acceptors (Lipinski definition) is 3. The number of rotatable bonds is 14. The highest BCUT2D eigenvalue weighted by atomic mass is 32.2. The molecular weight excluding hydrogens is 468 g/mol. The lowest BCUT2D eigenvalue weighted by molar-refractivity contribution is -0.136. The number of unbranched alkanes of at least 4 members (excludes halogenated alkanes) is 3. The Morgan fingerprint density at radius 3 is 2.31 bits per heavy atom. The molecule has 6 heteroatoms. The summed E-state index contributed by atoms with van der Waals surface area (Å²) in [7, 11) is 0. The number of carbonyl (C=O) groups is 2. The number of benzene rings is 3. The van der Waals surface area contributed by atoms with Crippen LogP contribution in [0, 0.1) is 0 Å². The summed E-state index contributed by atoms with van der Waals surface area (Å²) in [6, 6.07) is 25.9. The third kappa shape index (κ3) is 9.42. The molecule has 2 amide bonds. The third-order valence-corrected chi connectivity index (χ3v) is 6.88. The van der Waals surface area contributed by atoms with Crippen molar-refractivity contribution in [1.29, 1.82) is 0 Å². The van der Waals surface area contributed by atoms with E-state index in [1.54, 1.807) is 11.8 Å². The Kier molecular flexibility index (Phi) is 11.4. The summed E-state index contributed by atoms with van der Waals surface area (Å²) in [6.45, 7) is 3.51. The van der Waals surface area contributed by atoms with E-state index >= 15 is 0 Å². The summed E-state index contributed by atoms with van der Waals surface area (Å²) in [4.78, 5) is 28.0. The molecule has 0 aliphatic carbocycles. The highest BCUT2D eigenvalue weighted by Crippen LogP contribution is 2.30. The van der Waals surface area contributed by atoms with Crippen LogP contribution in [-0.4, -0.2) is 30.2 Å². The normalized spacial score (nSPS) is 10.7. The Balaban J connectivity index is 1.65. The number of aliphatic carboxylic acids is 1. The number of hydrogen-bond donors (Lipinski definition) is 2. The van der Waals surface area contributed by atoms with Crippen LogP contribution in [0.15, 0.2) is 88.7 Å². The van der Waals surface area contributed by atoms with Gasteiger partial charge in [0.15, 0.2) is 0 Å². The van der Waals surface area contributed by atoms with E-state index in [-0.39, 0.29) is 12.5 Å². The summed E-state index contributed by atoms with van der Waals surface area (Å²) in [5.41, 5.74) is 2.93. The van der Waals surface area contributed by atoms with Gasteiger partial charge in [-0.15, -0.1) is 0 Å². The number of aryl methyl sites for hydroxylation is 1. The first-order valence-electron chi connectivity index (χ1n) is 12.7. The SMILES string of the molecule is CCCCCCNC(=O)N(CCCc1ccccc1)c1ccc(Sc2cccc(CC(=O)O)c2)cc1. The molecule has 190 valence electrons. The van der Waals surface area contributed by atoms with E-state index in [0.29, 0.717) is 13.1 Å². The van der Waals surface area contributed by atoms with Gasteiger partial charge in [-0.3, -0.25) is 9.69 Å². The number of carboxylic acids is 1. The van der Waals surface area contributed by atoms with E-state index in [0.717, 1.165) is 46.7 Å². The molecule has 2 N–H and O–H groups in total. The number of nitrogens with zero attached hydrogens (tertiary/aromatic N) is 1. The highest BCUT2D eigenvalue weighted by molar-refractivity contribution is 7.99. The molecule has 0 unspecified atom stereocenters. The largest absolute Gasteiger partial charge is 0.481 e. The number of carbonyl (C=O) groups excluding carboxylic acids is 1. The van der Waals surface area contributed by atoms with Gasteiger partial charge in [0, 0.05) is 28.6 Å². The fraction of sp³-hybridized carbons (Fsp3) is 0.333. The van der Waals surface area contributed by atoms with Crippen LogP contribution in [0.3, 0.4) is 0 Å². The van der Waals surface area contributed by atoms with Gasteiger partial charge in [-0.1, -0.05) is 80.4 Å². The smallest absolute Gasteiger partial charge is 0.321 e. The van der Waals surface area contributed by atoms with Crippen molar-refractivity contribution < 1.29 is 14.7 Å². The van der Waals surface area contributed by atoms with Crippen LogP contribution in [0.25, 0.3) is 0 Å². The minimum atomic E-state index is -0.836. The van der Waals surface area contributed by atoms with Gasteiger partial charge in [0.05, 0.1) is 6.42 Å². The van der Waals surface area contributed by atoms with Crippen LogP contribution >= 0.6 is 11.8 Å². The zero-order valence-electron chi connectivity index (χ0n) is 21.0. The lowest BCUT2D eigenvalue weighted by Crippen LogP contribution is -2.41. The van der Waals surface area contributed by atoms with Gasteiger partial charge in [-0.05, 0) is 66.8 Å². The van der Waals surface area contributed by atoms with Crippen molar-refractivity contribution in [2.24, 2.45) is 0 Å². The minimum absolute atomic E-state index is 0.0127. The summed E-state index contributed by atoms with van der Waals surface area (Å²) in [6.07, 6.45) is 6.29. The highest BCUT2D eigenvalue weighted by Gasteiger charge is 2.15. The van der Waals surface area contributed by atoms with Gasteiger partial charge >= 0.3 is 12.0 Å². The Labute approximate surface area is 218 Å². The maximum Gasteiger partial charge on any atom is 0.321 e. The Hall–Kier alpha value is -3.25.